The number of hydrogen-bond donors (Lipinski definition) is 0. The lowest BCUT2D eigenvalue weighted by molar-refractivity contribution is -0.152. The van der Waals surface area contributed by atoms with Crippen LogP contribution in [-0.4, -0.2) is 60.2 Å². The summed E-state index contributed by atoms with van der Waals surface area (Å²) >= 11 is 0. The molecule has 0 saturated carbocycles. The van der Waals surface area contributed by atoms with Gasteiger partial charge in [0.15, 0.2) is 11.6 Å². The van der Waals surface area contributed by atoms with Crippen molar-refractivity contribution in [2.75, 3.05) is 26.8 Å². The van der Waals surface area contributed by atoms with Gasteiger partial charge in [-0.15, -0.1) is 0 Å². The number of carbonyl (C=O) groups excluding carboxylic acids is 3. The molecule has 1 unspecified atom stereocenters. The maximum Gasteiger partial charge on any atom is 0.254 e. The van der Waals surface area contributed by atoms with Crippen molar-refractivity contribution in [3.63, 3.8) is 0 Å². The third kappa shape index (κ3) is 2.83. The average Bonchev–Trinajstić information content (AvgIpc) is 2.88. The van der Waals surface area contributed by atoms with Crippen LogP contribution in [0.1, 0.15) is 26.7 Å². The molecule has 2 aliphatic rings. The third-order valence-corrected chi connectivity index (χ3v) is 3.69. The van der Waals surface area contributed by atoms with E-state index in [1.807, 2.05) is 0 Å². The highest BCUT2D eigenvalue weighted by Crippen LogP contribution is 2.29. The summed E-state index contributed by atoms with van der Waals surface area (Å²) in [4.78, 5) is 35.4. The number of ketones is 1. The van der Waals surface area contributed by atoms with Crippen molar-refractivity contribution in [2.45, 2.75) is 32.5 Å². The fourth-order valence-corrected chi connectivity index (χ4v) is 2.53. The summed E-state index contributed by atoms with van der Waals surface area (Å²) in [6.45, 7) is 4.18. The Labute approximate surface area is 117 Å². The minimum absolute atomic E-state index is 0.0676. The SMILES string of the molecule is CC(=O)CN1C(=O)C(CCC2(C)OCCO2)C(=O)N1C. The van der Waals surface area contributed by atoms with E-state index < -0.39 is 11.7 Å². The van der Waals surface area contributed by atoms with Gasteiger partial charge in [0.1, 0.15) is 12.5 Å². The average molecular weight is 284 g/mol. The van der Waals surface area contributed by atoms with Crippen LogP contribution >= 0.6 is 0 Å². The molecular weight excluding hydrogens is 264 g/mol. The standard InChI is InChI=1S/C13H20N2O5/c1-9(16)8-15-12(18)10(11(17)14(15)3)4-5-13(2)19-6-7-20-13/h10H,4-8H2,1-3H3. The Hall–Kier alpha value is -1.47. The Balaban J connectivity index is 1.99. The summed E-state index contributed by atoms with van der Waals surface area (Å²) < 4.78 is 10.9. The molecule has 0 spiro atoms. The molecular formula is C13H20N2O5. The van der Waals surface area contributed by atoms with E-state index in [-0.39, 0.29) is 24.1 Å². The highest BCUT2D eigenvalue weighted by atomic mass is 16.7. The van der Waals surface area contributed by atoms with Crippen LogP contribution < -0.4 is 0 Å². The van der Waals surface area contributed by atoms with E-state index in [9.17, 15) is 14.4 Å². The molecule has 0 aromatic rings. The van der Waals surface area contributed by atoms with Crippen LogP contribution in [0.15, 0.2) is 0 Å². The molecule has 7 heteroatoms. The highest BCUT2D eigenvalue weighted by Gasteiger charge is 2.45. The van der Waals surface area contributed by atoms with Crippen LogP contribution in [0.4, 0.5) is 0 Å². The second-order valence-corrected chi connectivity index (χ2v) is 5.38. The minimum Gasteiger partial charge on any atom is -0.348 e. The lowest BCUT2D eigenvalue weighted by atomic mass is 9.99. The molecule has 0 aromatic heterocycles. The predicted molar refractivity (Wildman–Crippen MR) is 68.2 cm³/mol. The fourth-order valence-electron chi connectivity index (χ4n) is 2.53. The van der Waals surface area contributed by atoms with Crippen LogP contribution in [0.3, 0.4) is 0 Å². The van der Waals surface area contributed by atoms with Gasteiger partial charge in [0.2, 0.25) is 0 Å². The number of rotatable bonds is 5. The fraction of sp³-hybridized carbons (Fsp3) is 0.769. The summed E-state index contributed by atoms with van der Waals surface area (Å²) in [5, 5.41) is 2.43. The highest BCUT2D eigenvalue weighted by molar-refractivity contribution is 6.06. The van der Waals surface area contributed by atoms with E-state index >= 15 is 0 Å². The number of Topliss-reactive ketones (excluding diaryl/α,β-unsaturated/α-hetero) is 1. The van der Waals surface area contributed by atoms with Crippen LogP contribution in [0.2, 0.25) is 0 Å². The molecule has 0 aromatic carbocycles. The van der Waals surface area contributed by atoms with Gasteiger partial charge in [-0.3, -0.25) is 19.4 Å². The maximum atomic E-state index is 12.2. The van der Waals surface area contributed by atoms with Gasteiger partial charge in [0.25, 0.3) is 11.8 Å². The van der Waals surface area contributed by atoms with Crippen molar-refractivity contribution in [1.82, 2.24) is 10.0 Å². The van der Waals surface area contributed by atoms with E-state index in [2.05, 4.69) is 0 Å². The molecule has 0 N–H and O–H groups in total. The Kier molecular flexibility index (Phi) is 4.10. The first-order valence-corrected chi connectivity index (χ1v) is 6.70. The molecule has 20 heavy (non-hydrogen) atoms. The topological polar surface area (TPSA) is 76.1 Å². The van der Waals surface area contributed by atoms with Crippen molar-refractivity contribution in [3.05, 3.63) is 0 Å². The minimum atomic E-state index is -0.746. The first-order chi connectivity index (χ1) is 9.34. The van der Waals surface area contributed by atoms with E-state index in [0.717, 1.165) is 0 Å². The van der Waals surface area contributed by atoms with Gasteiger partial charge in [-0.2, -0.15) is 0 Å². The predicted octanol–water partition coefficient (Wildman–Crippen LogP) is -0.0496. The Morgan fingerprint density at radius 3 is 2.45 bits per heavy atom. The Morgan fingerprint density at radius 1 is 1.30 bits per heavy atom. The van der Waals surface area contributed by atoms with Crippen molar-refractivity contribution >= 4 is 17.6 Å². The summed E-state index contributed by atoms with van der Waals surface area (Å²) in [6.07, 6.45) is 0.823. The second-order valence-electron chi connectivity index (χ2n) is 5.38. The Morgan fingerprint density at radius 2 is 1.90 bits per heavy atom. The van der Waals surface area contributed by atoms with Crippen molar-refractivity contribution < 1.29 is 23.9 Å². The van der Waals surface area contributed by atoms with Gasteiger partial charge in [-0.25, -0.2) is 5.01 Å². The summed E-state index contributed by atoms with van der Waals surface area (Å²) in [5.41, 5.74) is 0. The number of hydrogen-bond acceptors (Lipinski definition) is 5. The molecule has 0 bridgehead atoms. The summed E-state index contributed by atoms with van der Waals surface area (Å²) in [5.74, 6) is -2.23. The number of ether oxygens (including phenoxy) is 2. The largest absolute Gasteiger partial charge is 0.348 e. The Bertz CT molecular complexity index is 430. The second kappa shape index (κ2) is 5.49. The van der Waals surface area contributed by atoms with Crippen LogP contribution in [0, 0.1) is 5.92 Å². The zero-order chi connectivity index (χ0) is 14.9. The van der Waals surface area contributed by atoms with Crippen LogP contribution in [-0.2, 0) is 23.9 Å². The first-order valence-electron chi connectivity index (χ1n) is 6.70. The number of amides is 2. The van der Waals surface area contributed by atoms with Gasteiger partial charge >= 0.3 is 0 Å². The lowest BCUT2D eigenvalue weighted by Crippen LogP contribution is -2.40. The van der Waals surface area contributed by atoms with Crippen LogP contribution in [0.5, 0.6) is 0 Å². The molecule has 112 valence electrons. The summed E-state index contributed by atoms with van der Waals surface area (Å²) in [7, 11) is 1.51. The molecule has 2 aliphatic heterocycles. The molecule has 7 nitrogen and oxygen atoms in total. The zero-order valence-electron chi connectivity index (χ0n) is 12.0. The quantitative estimate of drug-likeness (QED) is 0.662. The molecule has 2 heterocycles. The molecule has 2 amide bonds. The van der Waals surface area contributed by atoms with E-state index in [4.69, 9.17) is 9.47 Å². The van der Waals surface area contributed by atoms with Crippen LogP contribution in [0.25, 0.3) is 0 Å². The van der Waals surface area contributed by atoms with Gasteiger partial charge in [0, 0.05) is 13.5 Å². The van der Waals surface area contributed by atoms with Crippen molar-refractivity contribution in [2.24, 2.45) is 5.92 Å². The number of carbonyl (C=O) groups is 3. The van der Waals surface area contributed by atoms with Gasteiger partial charge < -0.3 is 9.47 Å². The lowest BCUT2D eigenvalue weighted by Gasteiger charge is -2.22. The molecule has 2 rings (SSSR count). The van der Waals surface area contributed by atoms with Gasteiger partial charge in [-0.05, 0) is 20.3 Å². The zero-order valence-corrected chi connectivity index (χ0v) is 12.0. The van der Waals surface area contributed by atoms with E-state index in [1.165, 1.54) is 24.0 Å². The van der Waals surface area contributed by atoms with Crippen molar-refractivity contribution in [1.29, 1.82) is 0 Å². The normalized spacial score (nSPS) is 25.6. The van der Waals surface area contributed by atoms with E-state index in [0.29, 0.717) is 26.1 Å². The maximum absolute atomic E-state index is 12.2. The summed E-state index contributed by atoms with van der Waals surface area (Å²) in [6, 6.07) is 0. The monoisotopic (exact) mass is 284 g/mol. The third-order valence-electron chi connectivity index (χ3n) is 3.69. The molecule has 1 atom stereocenters. The smallest absolute Gasteiger partial charge is 0.254 e. The molecule has 2 saturated heterocycles. The number of hydrazine groups is 1. The van der Waals surface area contributed by atoms with E-state index in [1.54, 1.807) is 6.92 Å². The molecule has 2 fully saturated rings. The van der Waals surface area contributed by atoms with Gasteiger partial charge in [0.05, 0.1) is 13.2 Å². The first kappa shape index (κ1) is 14.9. The number of nitrogens with zero attached hydrogens (tertiary/aromatic N) is 2. The molecule has 0 aliphatic carbocycles. The van der Waals surface area contributed by atoms with Gasteiger partial charge in [-0.1, -0.05) is 0 Å². The molecule has 0 radical (unpaired) electrons. The van der Waals surface area contributed by atoms with Crippen molar-refractivity contribution in [3.8, 4) is 0 Å².